The lowest BCUT2D eigenvalue weighted by molar-refractivity contribution is -0.0499. The number of benzene rings is 1. The maximum atomic E-state index is 13.0. The minimum Gasteiger partial charge on any atom is -0.376 e. The van der Waals surface area contributed by atoms with Crippen molar-refractivity contribution in [3.05, 3.63) is 35.4 Å². The maximum absolute atomic E-state index is 13.0. The van der Waals surface area contributed by atoms with Crippen LogP contribution in [0, 0.1) is 0 Å². The number of alkyl halides is 3. The molecule has 156 valence electrons. The molecule has 0 radical (unpaired) electrons. The van der Waals surface area contributed by atoms with E-state index in [-0.39, 0.29) is 10.8 Å². The first-order valence-corrected chi connectivity index (χ1v) is 13.4. The first-order valence-electron chi connectivity index (χ1n) is 8.95. The summed E-state index contributed by atoms with van der Waals surface area (Å²) in [5, 5.41) is 0.284. The van der Waals surface area contributed by atoms with Crippen LogP contribution >= 0.6 is 0 Å². The van der Waals surface area contributed by atoms with Gasteiger partial charge in [-0.1, -0.05) is 39.9 Å². The average molecular weight is 435 g/mol. The fourth-order valence-electron chi connectivity index (χ4n) is 3.85. The molecule has 0 fully saturated rings. The van der Waals surface area contributed by atoms with Gasteiger partial charge in [-0.3, -0.25) is 0 Å². The van der Waals surface area contributed by atoms with Crippen LogP contribution in [0.4, 0.5) is 13.2 Å². The molecule has 2 atom stereocenters. The highest BCUT2D eigenvalue weighted by atomic mass is 32.2. The predicted molar refractivity (Wildman–Crippen MR) is 104 cm³/mol. The number of hydrogen-bond acceptors (Lipinski definition) is 4. The van der Waals surface area contributed by atoms with E-state index >= 15 is 0 Å². The highest BCUT2D eigenvalue weighted by molar-refractivity contribution is 7.88. The molecule has 2 bridgehead atoms. The molecule has 0 N–H and O–H groups in total. The van der Waals surface area contributed by atoms with Gasteiger partial charge in [0.25, 0.3) is 0 Å². The Kier molecular flexibility index (Phi) is 4.30. The van der Waals surface area contributed by atoms with Crippen LogP contribution in [-0.4, -0.2) is 22.0 Å². The Labute approximate surface area is 164 Å². The molecule has 1 aromatic rings. The number of hydrogen-bond donors (Lipinski definition) is 0. The van der Waals surface area contributed by atoms with Gasteiger partial charge in [0.15, 0.2) is 0 Å². The molecule has 2 heterocycles. The Hall–Kier alpha value is -1.32. The standard InChI is InChI=1S/C19H25F3O4SSi/c1-16(2,3)28(6,7)15-13(25-27(23,24)19(20,21)22)9-8-12-14(15)18(5)11-10-17(12,4)26-18/h8-11H,1-7H3. The van der Waals surface area contributed by atoms with Crippen LogP contribution in [0.3, 0.4) is 0 Å². The highest BCUT2D eigenvalue weighted by Gasteiger charge is 2.56. The van der Waals surface area contributed by atoms with Gasteiger partial charge in [0.05, 0.1) is 8.07 Å². The van der Waals surface area contributed by atoms with Crippen molar-refractivity contribution in [3.8, 4) is 5.75 Å². The van der Waals surface area contributed by atoms with Crippen molar-refractivity contribution < 1.29 is 30.5 Å². The molecule has 0 aromatic heterocycles. The minimum atomic E-state index is -5.78. The molecule has 0 amide bonds. The van der Waals surface area contributed by atoms with E-state index in [1.807, 2.05) is 59.9 Å². The molecule has 9 heteroatoms. The van der Waals surface area contributed by atoms with Crippen molar-refractivity contribution in [2.24, 2.45) is 0 Å². The zero-order chi connectivity index (χ0) is 21.6. The Morgan fingerprint density at radius 3 is 2.07 bits per heavy atom. The molecule has 0 aliphatic carbocycles. The lowest BCUT2D eigenvalue weighted by Gasteiger charge is -2.41. The lowest BCUT2D eigenvalue weighted by atomic mass is 9.83. The molecule has 28 heavy (non-hydrogen) atoms. The summed E-state index contributed by atoms with van der Waals surface area (Å²) in [4.78, 5) is 0. The van der Waals surface area contributed by atoms with Crippen LogP contribution in [-0.2, 0) is 26.1 Å². The first-order chi connectivity index (χ1) is 12.4. The molecule has 0 spiro atoms. The van der Waals surface area contributed by atoms with E-state index in [4.69, 9.17) is 8.92 Å². The van der Waals surface area contributed by atoms with E-state index in [0.717, 1.165) is 11.1 Å². The predicted octanol–water partition coefficient (Wildman–Crippen LogP) is 4.66. The van der Waals surface area contributed by atoms with Crippen LogP contribution in [0.15, 0.2) is 24.3 Å². The minimum absolute atomic E-state index is 0.253. The van der Waals surface area contributed by atoms with Gasteiger partial charge in [0.1, 0.15) is 17.0 Å². The lowest BCUT2D eigenvalue weighted by Crippen LogP contribution is -2.53. The van der Waals surface area contributed by atoms with Crippen molar-refractivity contribution >= 4 is 23.4 Å². The molecule has 2 unspecified atom stereocenters. The van der Waals surface area contributed by atoms with Gasteiger partial charge < -0.3 is 8.92 Å². The van der Waals surface area contributed by atoms with Crippen molar-refractivity contribution in [2.45, 2.75) is 69.5 Å². The molecule has 3 rings (SSSR count). The van der Waals surface area contributed by atoms with Gasteiger partial charge in [-0.15, -0.1) is 0 Å². The molecule has 1 aromatic carbocycles. The van der Waals surface area contributed by atoms with E-state index in [1.165, 1.54) is 6.07 Å². The number of halogens is 3. The third-order valence-corrected chi connectivity index (χ3v) is 12.8. The second-order valence-electron chi connectivity index (χ2n) is 9.37. The summed E-state index contributed by atoms with van der Waals surface area (Å²) in [7, 11) is -8.31. The third-order valence-electron chi connectivity index (χ3n) is 6.32. The second kappa shape index (κ2) is 5.63. The van der Waals surface area contributed by atoms with Gasteiger partial charge in [0, 0.05) is 0 Å². The molecular formula is C19H25F3O4SSi. The zero-order valence-electron chi connectivity index (χ0n) is 17.0. The molecule has 4 nitrogen and oxygen atoms in total. The van der Waals surface area contributed by atoms with E-state index in [1.54, 1.807) is 6.07 Å². The molecule has 2 aliphatic heterocycles. The summed E-state index contributed by atoms with van der Waals surface area (Å²) in [6.45, 7) is 13.8. The highest BCUT2D eigenvalue weighted by Crippen LogP contribution is 2.55. The van der Waals surface area contributed by atoms with Crippen LogP contribution in [0.25, 0.3) is 0 Å². The molecule has 0 saturated heterocycles. The fraction of sp³-hybridized carbons (Fsp3) is 0.579. The van der Waals surface area contributed by atoms with Gasteiger partial charge in [-0.25, -0.2) is 0 Å². The quantitative estimate of drug-likeness (QED) is 0.301. The molecule has 2 aliphatic rings. The summed E-state index contributed by atoms with van der Waals surface area (Å²) in [6, 6.07) is 2.95. The van der Waals surface area contributed by atoms with Crippen LogP contribution in [0.1, 0.15) is 45.7 Å². The van der Waals surface area contributed by atoms with Gasteiger partial charge in [-0.05, 0) is 53.4 Å². The summed E-state index contributed by atoms with van der Waals surface area (Å²) < 4.78 is 73.5. The monoisotopic (exact) mass is 434 g/mol. The normalized spacial score (nSPS) is 27.2. The number of fused-ring (bicyclic) bond motifs is 5. The molecule has 0 saturated carbocycles. The van der Waals surface area contributed by atoms with Gasteiger partial charge >= 0.3 is 15.6 Å². The SMILES string of the molecule is CC12C=CC(C)(O1)c1c2ccc(OS(=O)(=O)C(F)(F)F)c1[Si](C)(C)C(C)(C)C. The largest absolute Gasteiger partial charge is 0.534 e. The topological polar surface area (TPSA) is 52.6 Å². The first kappa shape index (κ1) is 21.4. The summed E-state index contributed by atoms with van der Waals surface area (Å²) in [5.74, 6) is -0.253. The zero-order valence-corrected chi connectivity index (χ0v) is 18.8. The van der Waals surface area contributed by atoms with Crippen LogP contribution < -0.4 is 9.37 Å². The molecular weight excluding hydrogens is 409 g/mol. The number of rotatable bonds is 3. The fourth-order valence-corrected chi connectivity index (χ4v) is 6.90. The van der Waals surface area contributed by atoms with Gasteiger partial charge in [-0.2, -0.15) is 21.6 Å². The van der Waals surface area contributed by atoms with E-state index in [2.05, 4.69) is 0 Å². The maximum Gasteiger partial charge on any atom is 0.534 e. The Morgan fingerprint density at radius 1 is 1.04 bits per heavy atom. The van der Waals surface area contributed by atoms with E-state index in [0.29, 0.717) is 5.19 Å². The Morgan fingerprint density at radius 2 is 1.57 bits per heavy atom. The van der Waals surface area contributed by atoms with Crippen LogP contribution in [0.5, 0.6) is 5.75 Å². The van der Waals surface area contributed by atoms with Crippen molar-refractivity contribution in [3.63, 3.8) is 0 Å². The smallest absolute Gasteiger partial charge is 0.376 e. The Bertz CT molecular complexity index is 976. The third kappa shape index (κ3) is 2.85. The summed E-state index contributed by atoms with van der Waals surface area (Å²) in [6.07, 6.45) is 3.81. The average Bonchev–Trinajstić information content (AvgIpc) is 2.91. The van der Waals surface area contributed by atoms with E-state index in [9.17, 15) is 21.6 Å². The number of ether oxygens (including phenoxy) is 1. The van der Waals surface area contributed by atoms with Crippen molar-refractivity contribution in [2.75, 3.05) is 0 Å². The van der Waals surface area contributed by atoms with Crippen molar-refractivity contribution in [1.82, 2.24) is 0 Å². The van der Waals surface area contributed by atoms with Crippen LogP contribution in [0.2, 0.25) is 18.1 Å². The van der Waals surface area contributed by atoms with E-state index < -0.39 is 34.9 Å². The second-order valence-corrected chi connectivity index (χ2v) is 16.2. The van der Waals surface area contributed by atoms with Crippen molar-refractivity contribution in [1.29, 1.82) is 0 Å². The summed E-state index contributed by atoms with van der Waals surface area (Å²) >= 11 is 0. The Balaban J connectivity index is 2.34. The van der Waals surface area contributed by atoms with Gasteiger partial charge in [0.2, 0.25) is 0 Å². The summed E-state index contributed by atoms with van der Waals surface area (Å²) in [5.41, 5.74) is -5.45.